The van der Waals surface area contributed by atoms with Gasteiger partial charge in [0.05, 0.1) is 12.5 Å². The molecule has 120 valence electrons. The first-order valence-electron chi connectivity index (χ1n) is 7.82. The maximum atomic E-state index is 12.3. The highest BCUT2D eigenvalue weighted by atomic mass is 16.4. The summed E-state index contributed by atoms with van der Waals surface area (Å²) in [5, 5.41) is 11.9. The van der Waals surface area contributed by atoms with Crippen LogP contribution in [0.4, 0.5) is 0 Å². The van der Waals surface area contributed by atoms with Crippen molar-refractivity contribution >= 4 is 11.9 Å². The van der Waals surface area contributed by atoms with E-state index in [-0.39, 0.29) is 30.5 Å². The standard InChI is InChI=1S/C17H24N2O3/c1-3-19(11-16(20)21)15-9-14(10-15)18-17(22)12(2)13-7-5-4-6-8-13/h4-8,12,14-15H,3,9-11H2,1-2H3,(H,18,22)(H,20,21)/t12-,14?,15?/m0/s1. The minimum atomic E-state index is -0.799. The van der Waals surface area contributed by atoms with E-state index in [1.807, 2.05) is 49.1 Å². The van der Waals surface area contributed by atoms with Gasteiger partial charge >= 0.3 is 5.97 Å². The molecule has 2 N–H and O–H groups in total. The quantitative estimate of drug-likeness (QED) is 0.806. The summed E-state index contributed by atoms with van der Waals surface area (Å²) >= 11 is 0. The number of carboxylic acid groups (broad SMARTS) is 1. The fourth-order valence-electron chi connectivity index (χ4n) is 2.90. The van der Waals surface area contributed by atoms with Crippen molar-refractivity contribution in [3.8, 4) is 0 Å². The summed E-state index contributed by atoms with van der Waals surface area (Å²) in [6.07, 6.45) is 1.66. The molecular weight excluding hydrogens is 280 g/mol. The molecule has 2 rings (SSSR count). The Morgan fingerprint density at radius 2 is 1.95 bits per heavy atom. The van der Waals surface area contributed by atoms with Gasteiger partial charge in [0.1, 0.15) is 0 Å². The summed E-state index contributed by atoms with van der Waals surface area (Å²) in [6.45, 7) is 4.66. The highest BCUT2D eigenvalue weighted by molar-refractivity contribution is 5.83. The molecule has 1 fully saturated rings. The van der Waals surface area contributed by atoms with Crippen molar-refractivity contribution in [1.29, 1.82) is 0 Å². The maximum Gasteiger partial charge on any atom is 0.317 e. The van der Waals surface area contributed by atoms with Gasteiger partial charge in [0.15, 0.2) is 0 Å². The smallest absolute Gasteiger partial charge is 0.317 e. The van der Waals surface area contributed by atoms with Crippen molar-refractivity contribution < 1.29 is 14.7 Å². The van der Waals surface area contributed by atoms with Crippen molar-refractivity contribution in [3.63, 3.8) is 0 Å². The molecule has 0 heterocycles. The lowest BCUT2D eigenvalue weighted by molar-refractivity contribution is -0.139. The molecule has 0 aliphatic heterocycles. The van der Waals surface area contributed by atoms with Crippen LogP contribution >= 0.6 is 0 Å². The Hall–Kier alpha value is -1.88. The average molecular weight is 304 g/mol. The number of nitrogens with one attached hydrogen (secondary N) is 1. The van der Waals surface area contributed by atoms with Crippen LogP contribution in [0.3, 0.4) is 0 Å². The topological polar surface area (TPSA) is 69.6 Å². The van der Waals surface area contributed by atoms with Crippen LogP contribution in [0.5, 0.6) is 0 Å². The van der Waals surface area contributed by atoms with Crippen LogP contribution in [0, 0.1) is 0 Å². The number of aliphatic carboxylic acids is 1. The fourth-order valence-corrected chi connectivity index (χ4v) is 2.90. The second-order valence-corrected chi connectivity index (χ2v) is 5.92. The average Bonchev–Trinajstić information content (AvgIpc) is 2.48. The van der Waals surface area contributed by atoms with Gasteiger partial charge in [-0.25, -0.2) is 0 Å². The molecule has 0 unspecified atom stereocenters. The summed E-state index contributed by atoms with van der Waals surface area (Å²) in [4.78, 5) is 25.0. The molecule has 1 aromatic carbocycles. The van der Waals surface area contributed by atoms with E-state index in [1.54, 1.807) is 0 Å². The first-order chi connectivity index (χ1) is 10.5. The number of nitrogens with zero attached hydrogens (tertiary/aromatic N) is 1. The maximum absolute atomic E-state index is 12.3. The number of rotatable bonds is 7. The summed E-state index contributed by atoms with van der Waals surface area (Å²) in [5.41, 5.74) is 1.01. The molecule has 1 amide bonds. The lowest BCUT2D eigenvalue weighted by atomic mass is 9.84. The molecule has 1 atom stereocenters. The Bertz CT molecular complexity index is 512. The molecule has 0 aromatic heterocycles. The zero-order valence-corrected chi connectivity index (χ0v) is 13.2. The summed E-state index contributed by atoms with van der Waals surface area (Å²) in [7, 11) is 0. The van der Waals surface area contributed by atoms with E-state index >= 15 is 0 Å². The molecule has 0 saturated heterocycles. The number of hydrogen-bond donors (Lipinski definition) is 2. The lowest BCUT2D eigenvalue weighted by Crippen LogP contribution is -2.55. The molecule has 5 heteroatoms. The monoisotopic (exact) mass is 304 g/mol. The number of carbonyl (C=O) groups excluding carboxylic acids is 1. The number of hydrogen-bond acceptors (Lipinski definition) is 3. The van der Waals surface area contributed by atoms with E-state index in [9.17, 15) is 9.59 Å². The van der Waals surface area contributed by atoms with Crippen LogP contribution in [0.1, 0.15) is 38.2 Å². The van der Waals surface area contributed by atoms with Gasteiger partial charge in [-0.05, 0) is 31.9 Å². The fraction of sp³-hybridized carbons (Fsp3) is 0.529. The van der Waals surface area contributed by atoms with E-state index in [0.717, 1.165) is 24.9 Å². The van der Waals surface area contributed by atoms with Gasteiger partial charge in [-0.1, -0.05) is 37.3 Å². The number of benzene rings is 1. The Morgan fingerprint density at radius 1 is 1.32 bits per heavy atom. The minimum absolute atomic E-state index is 0.0379. The van der Waals surface area contributed by atoms with Gasteiger partial charge in [-0.2, -0.15) is 0 Å². The van der Waals surface area contributed by atoms with Gasteiger partial charge in [-0.15, -0.1) is 0 Å². The third-order valence-electron chi connectivity index (χ3n) is 4.41. The minimum Gasteiger partial charge on any atom is -0.480 e. The second kappa shape index (κ2) is 7.40. The molecule has 1 aliphatic carbocycles. The van der Waals surface area contributed by atoms with Crippen LogP contribution in [0.2, 0.25) is 0 Å². The highest BCUT2D eigenvalue weighted by Gasteiger charge is 2.35. The van der Waals surface area contributed by atoms with Crippen molar-refractivity contribution in [2.45, 2.75) is 44.7 Å². The Morgan fingerprint density at radius 3 is 2.50 bits per heavy atom. The zero-order chi connectivity index (χ0) is 16.1. The third kappa shape index (κ3) is 4.07. The van der Waals surface area contributed by atoms with Gasteiger partial charge in [0, 0.05) is 12.1 Å². The number of amides is 1. The van der Waals surface area contributed by atoms with E-state index < -0.39 is 5.97 Å². The molecule has 5 nitrogen and oxygen atoms in total. The van der Waals surface area contributed by atoms with E-state index in [1.165, 1.54) is 0 Å². The van der Waals surface area contributed by atoms with Crippen molar-refractivity contribution in [3.05, 3.63) is 35.9 Å². The molecular formula is C17H24N2O3. The summed E-state index contributed by atoms with van der Waals surface area (Å²) in [5.74, 6) is -0.926. The molecule has 22 heavy (non-hydrogen) atoms. The second-order valence-electron chi connectivity index (χ2n) is 5.92. The summed E-state index contributed by atoms with van der Waals surface area (Å²) in [6, 6.07) is 10.1. The van der Waals surface area contributed by atoms with Gasteiger partial charge < -0.3 is 10.4 Å². The van der Waals surface area contributed by atoms with E-state index in [2.05, 4.69) is 5.32 Å². The largest absolute Gasteiger partial charge is 0.480 e. The predicted molar refractivity (Wildman–Crippen MR) is 84.7 cm³/mol. The first kappa shape index (κ1) is 16.5. The van der Waals surface area contributed by atoms with Crippen LogP contribution in [-0.4, -0.2) is 47.1 Å². The van der Waals surface area contributed by atoms with Crippen LogP contribution < -0.4 is 5.32 Å². The normalized spacial score (nSPS) is 22.0. The number of carboxylic acids is 1. The van der Waals surface area contributed by atoms with Crippen LogP contribution in [0.15, 0.2) is 30.3 Å². The first-order valence-corrected chi connectivity index (χ1v) is 7.82. The highest BCUT2D eigenvalue weighted by Crippen LogP contribution is 2.26. The molecule has 0 bridgehead atoms. The molecule has 1 aliphatic rings. The lowest BCUT2D eigenvalue weighted by Gasteiger charge is -2.42. The van der Waals surface area contributed by atoms with Gasteiger partial charge in [-0.3, -0.25) is 14.5 Å². The Labute approximate surface area is 131 Å². The Balaban J connectivity index is 1.79. The van der Waals surface area contributed by atoms with Crippen molar-refractivity contribution in [1.82, 2.24) is 10.2 Å². The van der Waals surface area contributed by atoms with E-state index in [4.69, 9.17) is 5.11 Å². The molecule has 0 radical (unpaired) electrons. The van der Waals surface area contributed by atoms with Gasteiger partial charge in [0.2, 0.25) is 5.91 Å². The molecule has 0 spiro atoms. The van der Waals surface area contributed by atoms with Crippen molar-refractivity contribution in [2.24, 2.45) is 0 Å². The SMILES string of the molecule is CCN(CC(=O)O)C1CC(NC(=O)[C@@H](C)c2ccccc2)C1. The summed E-state index contributed by atoms with van der Waals surface area (Å²) < 4.78 is 0. The third-order valence-corrected chi connectivity index (χ3v) is 4.41. The van der Waals surface area contributed by atoms with Crippen LogP contribution in [0.25, 0.3) is 0 Å². The number of carbonyl (C=O) groups is 2. The molecule has 1 saturated carbocycles. The van der Waals surface area contributed by atoms with Crippen molar-refractivity contribution in [2.75, 3.05) is 13.1 Å². The predicted octanol–water partition coefficient (Wildman–Crippen LogP) is 1.84. The van der Waals surface area contributed by atoms with E-state index in [0.29, 0.717) is 0 Å². The Kier molecular flexibility index (Phi) is 5.55. The molecule has 1 aromatic rings. The van der Waals surface area contributed by atoms with Gasteiger partial charge in [0.25, 0.3) is 0 Å². The van der Waals surface area contributed by atoms with Crippen LogP contribution in [-0.2, 0) is 9.59 Å². The zero-order valence-electron chi connectivity index (χ0n) is 13.2. The number of likely N-dealkylation sites (N-methyl/N-ethyl adjacent to an activating group) is 1.